The molecule has 3 atom stereocenters. The van der Waals surface area contributed by atoms with Crippen molar-refractivity contribution in [3.63, 3.8) is 0 Å². The SMILES string of the molecule is NC(=O)[C@@H]1CCCC[C@@H]1NC(=O)NC[C@@H]1CCCO1. The molecule has 0 spiro atoms. The first-order valence-electron chi connectivity index (χ1n) is 7.12. The van der Waals surface area contributed by atoms with Crippen molar-refractivity contribution in [1.82, 2.24) is 10.6 Å². The van der Waals surface area contributed by atoms with Crippen LogP contribution in [0, 0.1) is 5.92 Å². The molecule has 0 radical (unpaired) electrons. The molecule has 3 amide bonds. The van der Waals surface area contributed by atoms with E-state index in [0.29, 0.717) is 6.54 Å². The zero-order valence-electron chi connectivity index (χ0n) is 11.2. The van der Waals surface area contributed by atoms with Crippen LogP contribution < -0.4 is 16.4 Å². The van der Waals surface area contributed by atoms with Crippen LogP contribution in [0.15, 0.2) is 0 Å². The minimum atomic E-state index is -0.316. The molecule has 0 aromatic rings. The van der Waals surface area contributed by atoms with Crippen molar-refractivity contribution >= 4 is 11.9 Å². The third-order valence-electron chi connectivity index (χ3n) is 3.96. The van der Waals surface area contributed by atoms with Crippen LogP contribution in [0.1, 0.15) is 38.5 Å². The standard InChI is InChI=1S/C13H23N3O3/c14-12(17)10-5-1-2-6-11(10)16-13(18)15-8-9-4-3-7-19-9/h9-11H,1-8H2,(H2,14,17)(H2,15,16,18)/t9-,10+,11-/m0/s1. The van der Waals surface area contributed by atoms with Crippen molar-refractivity contribution in [3.05, 3.63) is 0 Å². The Morgan fingerprint density at radius 2 is 1.95 bits per heavy atom. The highest BCUT2D eigenvalue weighted by Gasteiger charge is 2.30. The third-order valence-corrected chi connectivity index (χ3v) is 3.96. The van der Waals surface area contributed by atoms with Crippen molar-refractivity contribution in [1.29, 1.82) is 0 Å². The minimum absolute atomic E-state index is 0.129. The Labute approximate surface area is 113 Å². The molecule has 6 heteroatoms. The number of rotatable bonds is 4. The number of urea groups is 1. The Hall–Kier alpha value is -1.30. The quantitative estimate of drug-likeness (QED) is 0.694. The predicted molar refractivity (Wildman–Crippen MR) is 70.4 cm³/mol. The highest BCUT2D eigenvalue weighted by molar-refractivity contribution is 5.79. The molecule has 0 bridgehead atoms. The molecule has 0 aromatic carbocycles. The molecule has 2 rings (SSSR count). The summed E-state index contributed by atoms with van der Waals surface area (Å²) >= 11 is 0. The summed E-state index contributed by atoms with van der Waals surface area (Å²) in [4.78, 5) is 23.2. The van der Waals surface area contributed by atoms with Gasteiger partial charge < -0.3 is 21.1 Å². The second-order valence-corrected chi connectivity index (χ2v) is 5.39. The normalized spacial score (nSPS) is 30.8. The fourth-order valence-electron chi connectivity index (χ4n) is 2.88. The van der Waals surface area contributed by atoms with Gasteiger partial charge in [-0.25, -0.2) is 4.79 Å². The number of ether oxygens (including phenoxy) is 1. The smallest absolute Gasteiger partial charge is 0.315 e. The first-order chi connectivity index (χ1) is 9.16. The Kier molecular flexibility index (Phi) is 5.01. The van der Waals surface area contributed by atoms with E-state index >= 15 is 0 Å². The molecule has 4 N–H and O–H groups in total. The number of amides is 3. The summed E-state index contributed by atoms with van der Waals surface area (Å²) in [5, 5.41) is 5.67. The van der Waals surface area contributed by atoms with E-state index in [1.54, 1.807) is 0 Å². The maximum absolute atomic E-state index is 11.8. The molecule has 19 heavy (non-hydrogen) atoms. The number of hydrogen-bond acceptors (Lipinski definition) is 3. The van der Waals surface area contributed by atoms with E-state index in [2.05, 4.69) is 10.6 Å². The van der Waals surface area contributed by atoms with Crippen LogP contribution in [-0.4, -0.2) is 37.2 Å². The van der Waals surface area contributed by atoms with Gasteiger partial charge in [-0.2, -0.15) is 0 Å². The van der Waals surface area contributed by atoms with Crippen molar-refractivity contribution < 1.29 is 14.3 Å². The molecule has 1 aliphatic carbocycles. The first kappa shape index (κ1) is 14.1. The molecule has 6 nitrogen and oxygen atoms in total. The number of nitrogens with two attached hydrogens (primary N) is 1. The van der Waals surface area contributed by atoms with Gasteiger partial charge in [0.25, 0.3) is 0 Å². The summed E-state index contributed by atoms with van der Waals surface area (Å²) in [6, 6.07) is -0.357. The Bertz CT molecular complexity index is 329. The molecule has 0 aromatic heterocycles. The van der Waals surface area contributed by atoms with E-state index < -0.39 is 0 Å². The molecular weight excluding hydrogens is 246 g/mol. The van der Waals surface area contributed by atoms with Crippen LogP contribution in [0.5, 0.6) is 0 Å². The number of nitrogens with one attached hydrogen (secondary N) is 2. The van der Waals surface area contributed by atoms with E-state index in [9.17, 15) is 9.59 Å². The Morgan fingerprint density at radius 3 is 2.63 bits per heavy atom. The highest BCUT2D eigenvalue weighted by atomic mass is 16.5. The van der Waals surface area contributed by atoms with Crippen molar-refractivity contribution in [2.45, 2.75) is 50.7 Å². The van der Waals surface area contributed by atoms with E-state index in [-0.39, 0.29) is 30.0 Å². The van der Waals surface area contributed by atoms with E-state index in [1.165, 1.54) is 0 Å². The van der Waals surface area contributed by atoms with Gasteiger partial charge in [0.05, 0.1) is 12.0 Å². The molecule has 1 aliphatic heterocycles. The topological polar surface area (TPSA) is 93.5 Å². The van der Waals surface area contributed by atoms with Gasteiger partial charge in [0.1, 0.15) is 0 Å². The predicted octanol–water partition coefficient (Wildman–Crippen LogP) is 0.509. The summed E-state index contributed by atoms with van der Waals surface area (Å²) in [5.74, 6) is -0.550. The van der Waals surface area contributed by atoms with Crippen molar-refractivity contribution in [2.75, 3.05) is 13.2 Å². The third kappa shape index (κ3) is 4.09. The van der Waals surface area contributed by atoms with Crippen LogP contribution in [0.25, 0.3) is 0 Å². The lowest BCUT2D eigenvalue weighted by Gasteiger charge is -2.30. The second-order valence-electron chi connectivity index (χ2n) is 5.39. The molecule has 1 heterocycles. The van der Waals surface area contributed by atoms with Crippen LogP contribution in [0.4, 0.5) is 4.79 Å². The minimum Gasteiger partial charge on any atom is -0.376 e. The fraction of sp³-hybridized carbons (Fsp3) is 0.846. The van der Waals surface area contributed by atoms with Crippen molar-refractivity contribution in [3.8, 4) is 0 Å². The Balaban J connectivity index is 1.74. The van der Waals surface area contributed by atoms with Gasteiger partial charge >= 0.3 is 6.03 Å². The largest absolute Gasteiger partial charge is 0.376 e. The summed E-state index contributed by atoms with van der Waals surface area (Å²) < 4.78 is 5.44. The summed E-state index contributed by atoms with van der Waals surface area (Å²) in [5.41, 5.74) is 5.38. The van der Waals surface area contributed by atoms with Gasteiger partial charge in [0.15, 0.2) is 0 Å². The van der Waals surface area contributed by atoms with Crippen molar-refractivity contribution in [2.24, 2.45) is 11.7 Å². The molecule has 2 fully saturated rings. The lowest BCUT2D eigenvalue weighted by Crippen LogP contribution is -2.51. The summed E-state index contributed by atoms with van der Waals surface area (Å²) in [6.07, 6.45) is 5.80. The number of carbonyl (C=O) groups excluding carboxylic acids is 2. The van der Waals surface area contributed by atoms with Gasteiger partial charge in [0, 0.05) is 19.2 Å². The maximum atomic E-state index is 11.8. The molecular formula is C13H23N3O3. The number of carbonyl (C=O) groups is 2. The number of primary amides is 1. The lowest BCUT2D eigenvalue weighted by atomic mass is 9.84. The van der Waals surface area contributed by atoms with Gasteiger partial charge in [-0.05, 0) is 25.7 Å². The summed E-state index contributed by atoms with van der Waals surface area (Å²) in [7, 11) is 0. The zero-order valence-corrected chi connectivity index (χ0v) is 11.2. The van der Waals surface area contributed by atoms with Gasteiger partial charge in [-0.1, -0.05) is 12.8 Å². The lowest BCUT2D eigenvalue weighted by molar-refractivity contribution is -0.123. The zero-order chi connectivity index (χ0) is 13.7. The molecule has 1 saturated carbocycles. The van der Waals surface area contributed by atoms with E-state index in [1.807, 2.05) is 0 Å². The summed E-state index contributed by atoms with van der Waals surface area (Å²) in [6.45, 7) is 1.31. The van der Waals surface area contributed by atoms with Crippen LogP contribution in [0.3, 0.4) is 0 Å². The van der Waals surface area contributed by atoms with Gasteiger partial charge in [-0.3, -0.25) is 4.79 Å². The molecule has 2 aliphatic rings. The highest BCUT2D eigenvalue weighted by Crippen LogP contribution is 2.24. The fourth-order valence-corrected chi connectivity index (χ4v) is 2.88. The van der Waals surface area contributed by atoms with E-state index in [0.717, 1.165) is 45.1 Å². The number of hydrogen-bond donors (Lipinski definition) is 3. The average molecular weight is 269 g/mol. The Morgan fingerprint density at radius 1 is 1.16 bits per heavy atom. The maximum Gasteiger partial charge on any atom is 0.315 e. The molecule has 108 valence electrons. The van der Waals surface area contributed by atoms with Crippen LogP contribution >= 0.6 is 0 Å². The van der Waals surface area contributed by atoms with Gasteiger partial charge in [0.2, 0.25) is 5.91 Å². The van der Waals surface area contributed by atoms with Gasteiger partial charge in [-0.15, -0.1) is 0 Å². The van der Waals surface area contributed by atoms with Crippen LogP contribution in [0.2, 0.25) is 0 Å². The van der Waals surface area contributed by atoms with E-state index in [4.69, 9.17) is 10.5 Å². The average Bonchev–Trinajstić information content (AvgIpc) is 2.90. The van der Waals surface area contributed by atoms with Crippen LogP contribution in [-0.2, 0) is 9.53 Å². The monoisotopic (exact) mass is 269 g/mol. The first-order valence-corrected chi connectivity index (χ1v) is 7.12. The molecule has 0 unspecified atom stereocenters. The molecule has 1 saturated heterocycles. The second kappa shape index (κ2) is 6.75.